The van der Waals surface area contributed by atoms with Crippen molar-refractivity contribution in [2.75, 3.05) is 7.11 Å². The first kappa shape index (κ1) is 15.4. The van der Waals surface area contributed by atoms with E-state index in [0.717, 1.165) is 25.3 Å². The number of hydrogen-bond donors (Lipinski definition) is 1. The quantitative estimate of drug-likeness (QED) is 0.872. The van der Waals surface area contributed by atoms with Gasteiger partial charge in [-0.15, -0.1) is 0 Å². The number of benzene rings is 1. The zero-order valence-corrected chi connectivity index (χ0v) is 11.7. The van der Waals surface area contributed by atoms with Gasteiger partial charge in [-0.1, -0.05) is 25.3 Å². The Hall–Kier alpha value is -1.98. The van der Waals surface area contributed by atoms with Crippen LogP contribution in [-0.2, 0) is 9.53 Å². The minimum Gasteiger partial charge on any atom is -0.467 e. The van der Waals surface area contributed by atoms with Gasteiger partial charge in [-0.05, 0) is 25.0 Å². The normalized spacial score (nSPS) is 17.1. The molecule has 6 heteroatoms. The topological polar surface area (TPSA) is 55.4 Å². The van der Waals surface area contributed by atoms with Crippen molar-refractivity contribution in [1.29, 1.82) is 0 Å². The van der Waals surface area contributed by atoms with E-state index in [-0.39, 0.29) is 0 Å². The van der Waals surface area contributed by atoms with Crippen LogP contribution in [0.1, 0.15) is 42.5 Å². The highest BCUT2D eigenvalue weighted by atomic mass is 19.2. The predicted molar refractivity (Wildman–Crippen MR) is 71.7 cm³/mol. The smallest absolute Gasteiger partial charge is 0.331 e. The molecule has 0 aliphatic heterocycles. The number of methoxy groups -OCH3 is 1. The largest absolute Gasteiger partial charge is 0.467 e. The minimum absolute atomic E-state index is 0.413. The van der Waals surface area contributed by atoms with Crippen molar-refractivity contribution >= 4 is 11.9 Å². The van der Waals surface area contributed by atoms with E-state index in [2.05, 4.69) is 5.32 Å². The molecule has 1 fully saturated rings. The van der Waals surface area contributed by atoms with E-state index in [1.54, 1.807) is 0 Å². The fourth-order valence-electron chi connectivity index (χ4n) is 2.69. The molecule has 0 atom stereocenters. The Morgan fingerprint density at radius 3 is 2.48 bits per heavy atom. The fourth-order valence-corrected chi connectivity index (χ4v) is 2.69. The summed E-state index contributed by atoms with van der Waals surface area (Å²) in [6, 6.07) is 3.36. The molecule has 2 rings (SSSR count). The zero-order chi connectivity index (χ0) is 15.5. The lowest BCUT2D eigenvalue weighted by atomic mass is 9.81. The second kappa shape index (κ2) is 6.20. The predicted octanol–water partition coefficient (Wildman–Crippen LogP) is 2.57. The molecule has 21 heavy (non-hydrogen) atoms. The summed E-state index contributed by atoms with van der Waals surface area (Å²) in [5, 5.41) is 2.55. The maximum atomic E-state index is 13.7. The Balaban J connectivity index is 2.26. The third-order valence-corrected chi connectivity index (χ3v) is 3.83. The zero-order valence-electron chi connectivity index (χ0n) is 11.7. The molecule has 114 valence electrons. The molecule has 1 aliphatic carbocycles. The van der Waals surface area contributed by atoms with Crippen LogP contribution in [0.5, 0.6) is 0 Å². The van der Waals surface area contributed by atoms with Gasteiger partial charge >= 0.3 is 5.97 Å². The van der Waals surface area contributed by atoms with Crippen LogP contribution in [0.3, 0.4) is 0 Å². The van der Waals surface area contributed by atoms with Gasteiger partial charge in [-0.3, -0.25) is 4.79 Å². The number of nitrogens with one attached hydrogen (secondary N) is 1. The summed E-state index contributed by atoms with van der Waals surface area (Å²) in [4.78, 5) is 24.2. The van der Waals surface area contributed by atoms with Gasteiger partial charge in [0.2, 0.25) is 0 Å². The highest BCUT2D eigenvalue weighted by Gasteiger charge is 2.42. The van der Waals surface area contributed by atoms with Crippen molar-refractivity contribution in [2.45, 2.75) is 37.6 Å². The first-order valence-corrected chi connectivity index (χ1v) is 6.85. The molecular formula is C15H17F2NO3. The van der Waals surface area contributed by atoms with Gasteiger partial charge in [0.25, 0.3) is 5.91 Å². The van der Waals surface area contributed by atoms with Gasteiger partial charge in [0, 0.05) is 0 Å². The molecule has 1 N–H and O–H groups in total. The van der Waals surface area contributed by atoms with Gasteiger partial charge in [0.15, 0.2) is 11.6 Å². The molecule has 0 unspecified atom stereocenters. The summed E-state index contributed by atoms with van der Waals surface area (Å²) in [5.41, 5.74) is -1.56. The Morgan fingerprint density at radius 2 is 1.86 bits per heavy atom. The molecule has 0 aromatic heterocycles. The maximum Gasteiger partial charge on any atom is 0.331 e. The van der Waals surface area contributed by atoms with Crippen molar-refractivity contribution in [3.8, 4) is 0 Å². The Bertz CT molecular complexity index is 554. The fraction of sp³-hybridized carbons (Fsp3) is 0.467. The van der Waals surface area contributed by atoms with E-state index in [1.165, 1.54) is 19.2 Å². The van der Waals surface area contributed by atoms with E-state index < -0.39 is 34.6 Å². The molecule has 0 radical (unpaired) electrons. The number of carbonyl (C=O) groups is 2. The average molecular weight is 297 g/mol. The number of halogens is 2. The van der Waals surface area contributed by atoms with Crippen LogP contribution in [0, 0.1) is 11.6 Å². The highest BCUT2D eigenvalue weighted by Crippen LogP contribution is 2.30. The van der Waals surface area contributed by atoms with Crippen LogP contribution >= 0.6 is 0 Å². The van der Waals surface area contributed by atoms with Crippen LogP contribution in [0.15, 0.2) is 18.2 Å². The number of carbonyl (C=O) groups excluding carboxylic acids is 2. The Labute approximate surface area is 121 Å². The second-order valence-corrected chi connectivity index (χ2v) is 5.19. The third-order valence-electron chi connectivity index (χ3n) is 3.83. The standard InChI is InChI=1S/C15H17F2NO3/c1-21-14(20)15(8-3-2-4-9-15)18-13(19)10-6-5-7-11(16)12(10)17/h5-7H,2-4,8-9H2,1H3,(H,18,19). The molecular weight excluding hydrogens is 280 g/mol. The van der Waals surface area contributed by atoms with E-state index in [4.69, 9.17) is 4.74 Å². The van der Waals surface area contributed by atoms with Crippen molar-refractivity contribution in [3.63, 3.8) is 0 Å². The molecule has 0 spiro atoms. The average Bonchev–Trinajstić information content (AvgIpc) is 2.50. The number of amides is 1. The molecule has 1 saturated carbocycles. The summed E-state index contributed by atoms with van der Waals surface area (Å²) in [6.07, 6.45) is 3.36. The van der Waals surface area contributed by atoms with Crippen molar-refractivity contribution in [3.05, 3.63) is 35.4 Å². The summed E-state index contributed by atoms with van der Waals surface area (Å²) in [5.74, 6) is -3.67. The lowest BCUT2D eigenvalue weighted by Gasteiger charge is -2.35. The number of hydrogen-bond acceptors (Lipinski definition) is 3. The lowest BCUT2D eigenvalue weighted by molar-refractivity contribution is -0.149. The monoisotopic (exact) mass is 297 g/mol. The van der Waals surface area contributed by atoms with Gasteiger partial charge in [-0.25, -0.2) is 13.6 Å². The van der Waals surface area contributed by atoms with Crippen LogP contribution in [0.2, 0.25) is 0 Å². The van der Waals surface area contributed by atoms with Crippen molar-refractivity contribution in [2.24, 2.45) is 0 Å². The second-order valence-electron chi connectivity index (χ2n) is 5.19. The molecule has 4 nitrogen and oxygen atoms in total. The molecule has 1 aromatic rings. The number of ether oxygens (including phenoxy) is 1. The molecule has 0 saturated heterocycles. The number of rotatable bonds is 3. The summed E-state index contributed by atoms with van der Waals surface area (Å²) >= 11 is 0. The minimum atomic E-state index is -1.22. The summed E-state index contributed by atoms with van der Waals surface area (Å²) in [6.45, 7) is 0. The van der Waals surface area contributed by atoms with Crippen molar-refractivity contribution < 1.29 is 23.1 Å². The van der Waals surface area contributed by atoms with Crippen LogP contribution < -0.4 is 5.32 Å². The van der Waals surface area contributed by atoms with Gasteiger partial charge < -0.3 is 10.1 Å². The van der Waals surface area contributed by atoms with Crippen LogP contribution in [-0.4, -0.2) is 24.5 Å². The Kier molecular flexibility index (Phi) is 4.55. The first-order valence-electron chi connectivity index (χ1n) is 6.85. The summed E-state index contributed by atoms with van der Waals surface area (Å²) < 4.78 is 31.6. The van der Waals surface area contributed by atoms with Crippen LogP contribution in [0.4, 0.5) is 8.78 Å². The maximum absolute atomic E-state index is 13.7. The Morgan fingerprint density at radius 1 is 1.19 bits per heavy atom. The molecule has 1 aromatic carbocycles. The molecule has 0 bridgehead atoms. The van der Waals surface area contributed by atoms with Gasteiger partial charge in [0.05, 0.1) is 12.7 Å². The van der Waals surface area contributed by atoms with Gasteiger partial charge in [-0.2, -0.15) is 0 Å². The number of esters is 1. The van der Waals surface area contributed by atoms with E-state index in [1.807, 2.05) is 0 Å². The van der Waals surface area contributed by atoms with E-state index in [9.17, 15) is 18.4 Å². The SMILES string of the molecule is COC(=O)C1(NC(=O)c2cccc(F)c2F)CCCCC1. The van der Waals surface area contributed by atoms with Gasteiger partial charge in [0.1, 0.15) is 5.54 Å². The lowest BCUT2D eigenvalue weighted by Crippen LogP contribution is -2.56. The molecule has 0 heterocycles. The first-order chi connectivity index (χ1) is 10.00. The van der Waals surface area contributed by atoms with Crippen molar-refractivity contribution in [1.82, 2.24) is 5.32 Å². The van der Waals surface area contributed by atoms with E-state index in [0.29, 0.717) is 12.8 Å². The summed E-state index contributed by atoms with van der Waals surface area (Å²) in [7, 11) is 1.24. The van der Waals surface area contributed by atoms with Crippen LogP contribution in [0.25, 0.3) is 0 Å². The molecule has 1 amide bonds. The molecule has 1 aliphatic rings. The highest BCUT2D eigenvalue weighted by molar-refractivity contribution is 5.98. The van der Waals surface area contributed by atoms with E-state index >= 15 is 0 Å². The third kappa shape index (κ3) is 3.04.